The van der Waals surface area contributed by atoms with E-state index in [0.29, 0.717) is 28.3 Å². The summed E-state index contributed by atoms with van der Waals surface area (Å²) in [6.45, 7) is 0. The van der Waals surface area contributed by atoms with E-state index in [-0.39, 0.29) is 11.2 Å². The number of carbonyl (C=O) groups excluding carboxylic acids is 1. The van der Waals surface area contributed by atoms with E-state index in [1.165, 1.54) is 12.1 Å². The molecule has 0 aliphatic rings. The van der Waals surface area contributed by atoms with Gasteiger partial charge in [0, 0.05) is 23.0 Å². The van der Waals surface area contributed by atoms with Crippen LogP contribution >= 0.6 is 0 Å². The highest BCUT2D eigenvalue weighted by Crippen LogP contribution is 2.24. The van der Waals surface area contributed by atoms with Crippen LogP contribution in [0.15, 0.2) is 111 Å². The number of nitrogens with two attached hydrogens (primary N) is 2. The Morgan fingerprint density at radius 1 is 0.833 bits per heavy atom. The highest BCUT2D eigenvalue weighted by atomic mass is 16.5. The molecule has 0 radical (unpaired) electrons. The smallest absolute Gasteiger partial charge is 0.344 e. The molecule has 0 bridgehead atoms. The molecule has 7 heteroatoms. The van der Waals surface area contributed by atoms with Gasteiger partial charge in [0.2, 0.25) is 0 Å². The monoisotopic (exact) mass is 475 g/mol. The van der Waals surface area contributed by atoms with Gasteiger partial charge in [-0.2, -0.15) is 0 Å². The third-order valence-electron chi connectivity index (χ3n) is 5.49. The van der Waals surface area contributed by atoms with Gasteiger partial charge in [-0.25, -0.2) is 9.59 Å². The van der Waals surface area contributed by atoms with E-state index in [1.54, 1.807) is 42.6 Å². The first-order valence-electron chi connectivity index (χ1n) is 11.1. The second kappa shape index (κ2) is 9.60. The van der Waals surface area contributed by atoms with Crippen molar-refractivity contribution in [1.82, 2.24) is 0 Å². The Balaban J connectivity index is 1.27. The largest absolute Gasteiger partial charge is 0.423 e. The van der Waals surface area contributed by atoms with Crippen molar-refractivity contribution in [1.29, 1.82) is 0 Å². The summed E-state index contributed by atoms with van der Waals surface area (Å²) in [5, 5.41) is 0.861. The van der Waals surface area contributed by atoms with E-state index in [2.05, 4.69) is 4.99 Å². The molecule has 36 heavy (non-hydrogen) atoms. The molecule has 0 aliphatic heterocycles. The van der Waals surface area contributed by atoms with Gasteiger partial charge in [-0.15, -0.1) is 0 Å². The van der Waals surface area contributed by atoms with Gasteiger partial charge >= 0.3 is 11.6 Å². The van der Waals surface area contributed by atoms with Crippen molar-refractivity contribution in [2.24, 2.45) is 4.99 Å². The summed E-state index contributed by atoms with van der Waals surface area (Å²) in [6, 6.07) is 28.1. The minimum absolute atomic E-state index is 0.281. The van der Waals surface area contributed by atoms with Crippen LogP contribution in [0.3, 0.4) is 0 Å². The summed E-state index contributed by atoms with van der Waals surface area (Å²) in [5.74, 6) is -0.160. The number of esters is 1. The highest BCUT2D eigenvalue weighted by Gasteiger charge is 2.10. The number of hydrogen-bond donors (Lipinski definition) is 2. The Morgan fingerprint density at radius 2 is 1.53 bits per heavy atom. The van der Waals surface area contributed by atoms with Crippen molar-refractivity contribution in [2.45, 2.75) is 0 Å². The number of carbonyl (C=O) groups is 1. The van der Waals surface area contributed by atoms with Crippen molar-refractivity contribution >= 4 is 40.2 Å². The third kappa shape index (κ3) is 5.00. The van der Waals surface area contributed by atoms with Gasteiger partial charge in [-0.3, -0.25) is 4.99 Å². The van der Waals surface area contributed by atoms with Gasteiger partial charge in [0.25, 0.3) is 0 Å². The van der Waals surface area contributed by atoms with Gasteiger partial charge in [0.05, 0.1) is 16.8 Å². The van der Waals surface area contributed by atoms with Crippen LogP contribution < -0.4 is 21.8 Å². The quantitative estimate of drug-likeness (QED) is 0.112. The van der Waals surface area contributed by atoms with E-state index >= 15 is 0 Å². The molecular weight excluding hydrogens is 454 g/mol. The molecule has 0 spiro atoms. The van der Waals surface area contributed by atoms with Crippen LogP contribution in [0.5, 0.6) is 5.75 Å². The lowest BCUT2D eigenvalue weighted by atomic mass is 10.1. The number of aliphatic imine (C=N–C) groups is 1. The fourth-order valence-corrected chi connectivity index (χ4v) is 3.72. The highest BCUT2D eigenvalue weighted by molar-refractivity contribution is 5.93. The summed E-state index contributed by atoms with van der Waals surface area (Å²) in [7, 11) is 0. The molecule has 0 atom stereocenters. The van der Waals surface area contributed by atoms with Gasteiger partial charge in [-0.1, -0.05) is 30.3 Å². The maximum Gasteiger partial charge on any atom is 0.344 e. The zero-order chi connectivity index (χ0) is 25.1. The average Bonchev–Trinajstić information content (AvgIpc) is 2.88. The molecule has 7 nitrogen and oxygen atoms in total. The molecule has 1 aromatic heterocycles. The zero-order valence-electron chi connectivity index (χ0n) is 19.0. The third-order valence-corrected chi connectivity index (χ3v) is 5.49. The van der Waals surface area contributed by atoms with Crippen molar-refractivity contribution in [3.63, 3.8) is 0 Å². The van der Waals surface area contributed by atoms with Gasteiger partial charge in [0.15, 0.2) is 0 Å². The average molecular weight is 476 g/mol. The number of fused-ring (bicyclic) bond motifs is 1. The Morgan fingerprint density at radius 3 is 2.25 bits per heavy atom. The number of anilines is 2. The number of benzene rings is 4. The minimum atomic E-state index is -0.545. The maximum atomic E-state index is 12.4. The molecule has 0 amide bonds. The number of hydrogen-bond acceptors (Lipinski definition) is 7. The predicted molar refractivity (Wildman–Crippen MR) is 142 cm³/mol. The molecule has 176 valence electrons. The molecular formula is C29H21N3O4. The molecule has 0 aliphatic carbocycles. The maximum absolute atomic E-state index is 12.4. The lowest BCUT2D eigenvalue weighted by Crippen LogP contribution is -2.09. The predicted octanol–water partition coefficient (Wildman–Crippen LogP) is 5.59. The molecule has 0 fully saturated rings. The Bertz CT molecular complexity index is 1630. The number of nitrogens with zero attached hydrogens (tertiary/aromatic N) is 1. The van der Waals surface area contributed by atoms with Crippen LogP contribution in [-0.4, -0.2) is 12.2 Å². The number of ether oxygens (including phenoxy) is 1. The zero-order valence-corrected chi connectivity index (χ0v) is 19.0. The Hall–Kier alpha value is -5.17. The van der Waals surface area contributed by atoms with Crippen LogP contribution in [0.1, 0.15) is 15.9 Å². The van der Waals surface area contributed by atoms with Crippen LogP contribution in [0, 0.1) is 0 Å². The van der Waals surface area contributed by atoms with Crippen LogP contribution in [-0.2, 0) is 0 Å². The van der Waals surface area contributed by atoms with Crippen LogP contribution in [0.4, 0.5) is 17.1 Å². The van der Waals surface area contributed by atoms with Gasteiger partial charge in [0.1, 0.15) is 11.3 Å². The van der Waals surface area contributed by atoms with Crippen molar-refractivity contribution in [2.75, 3.05) is 11.5 Å². The lowest BCUT2D eigenvalue weighted by molar-refractivity contribution is 0.0735. The first-order valence-corrected chi connectivity index (χ1v) is 11.1. The summed E-state index contributed by atoms with van der Waals surface area (Å²) in [5.41, 5.74) is 15.5. The number of rotatable bonds is 5. The van der Waals surface area contributed by atoms with Gasteiger partial charge < -0.3 is 20.6 Å². The molecule has 0 saturated heterocycles. The summed E-state index contributed by atoms with van der Waals surface area (Å²) in [4.78, 5) is 29.2. The van der Waals surface area contributed by atoms with Crippen LogP contribution in [0.25, 0.3) is 22.1 Å². The molecule has 0 unspecified atom stereocenters. The van der Waals surface area contributed by atoms with E-state index in [4.69, 9.17) is 20.6 Å². The molecule has 1 heterocycles. The van der Waals surface area contributed by atoms with Crippen LogP contribution in [0.2, 0.25) is 0 Å². The van der Waals surface area contributed by atoms with Crippen molar-refractivity contribution < 1.29 is 13.9 Å². The van der Waals surface area contributed by atoms with Crippen molar-refractivity contribution in [3.8, 4) is 16.9 Å². The fourth-order valence-electron chi connectivity index (χ4n) is 3.72. The lowest BCUT2D eigenvalue weighted by Gasteiger charge is -2.06. The standard InChI is InChI=1S/C29H21N3O4/c30-22-13-21(14-23(31)16-22)28(33)35-25-11-5-18(6-12-25)17-32-24-9-7-19(8-10-24)26-15-20-3-1-2-4-27(20)36-29(26)34/h1-17H,30-31H2/b32-17+. The van der Waals surface area contributed by atoms with E-state index in [9.17, 15) is 9.59 Å². The molecule has 4 N–H and O–H groups in total. The molecule has 0 saturated carbocycles. The molecule has 5 rings (SSSR count). The second-order valence-electron chi connectivity index (χ2n) is 8.14. The van der Waals surface area contributed by atoms with Gasteiger partial charge in [-0.05, 0) is 77.9 Å². The first-order chi connectivity index (χ1) is 17.4. The number of nitrogen functional groups attached to an aromatic ring is 2. The normalized spacial score (nSPS) is 11.1. The molecule has 4 aromatic carbocycles. The Labute approximate surface area is 206 Å². The SMILES string of the molecule is Nc1cc(N)cc(C(=O)Oc2ccc(/C=N/c3ccc(-c4cc5ccccc5oc4=O)cc3)cc2)c1. The van der Waals surface area contributed by atoms with E-state index in [1.807, 2.05) is 48.5 Å². The van der Waals surface area contributed by atoms with E-state index in [0.717, 1.165) is 22.2 Å². The topological polar surface area (TPSA) is 121 Å². The minimum Gasteiger partial charge on any atom is -0.423 e. The summed E-state index contributed by atoms with van der Waals surface area (Å²) < 4.78 is 10.8. The number of para-hydroxylation sites is 1. The molecule has 5 aromatic rings. The second-order valence-corrected chi connectivity index (χ2v) is 8.14. The van der Waals surface area contributed by atoms with E-state index < -0.39 is 5.97 Å². The summed E-state index contributed by atoms with van der Waals surface area (Å²) >= 11 is 0. The van der Waals surface area contributed by atoms with Crippen molar-refractivity contribution in [3.05, 3.63) is 119 Å². The fraction of sp³-hybridized carbons (Fsp3) is 0. The first kappa shape index (κ1) is 22.6. The Kier molecular flexibility index (Phi) is 6.03. The summed E-state index contributed by atoms with van der Waals surface area (Å²) in [6.07, 6.45) is 1.70.